The smallest absolute Gasteiger partial charge is 0.179 e. The molecule has 0 saturated heterocycles. The largest absolute Gasteiger partial charge is 0.489 e. The van der Waals surface area contributed by atoms with Gasteiger partial charge in [0.1, 0.15) is 12.6 Å². The van der Waals surface area contributed by atoms with Gasteiger partial charge in [-0.25, -0.2) is 4.98 Å². The summed E-state index contributed by atoms with van der Waals surface area (Å²) in [5.41, 5.74) is 3.52. The van der Waals surface area contributed by atoms with Crippen LogP contribution in [0.5, 0.6) is 11.5 Å². The maximum atomic E-state index is 6.39. The zero-order valence-electron chi connectivity index (χ0n) is 15.3. The molecular formula is C21H23ClN3O2+. The Labute approximate surface area is 163 Å². The van der Waals surface area contributed by atoms with Crippen molar-refractivity contribution >= 4 is 11.6 Å². The number of halogens is 1. The maximum absolute atomic E-state index is 6.39. The van der Waals surface area contributed by atoms with Crippen LogP contribution in [0, 0.1) is 0 Å². The Bertz CT molecular complexity index is 895. The van der Waals surface area contributed by atoms with Crippen molar-refractivity contribution in [2.24, 2.45) is 0 Å². The average molecular weight is 385 g/mol. The fourth-order valence-electron chi connectivity index (χ4n) is 3.21. The first-order chi connectivity index (χ1) is 13.2. The maximum Gasteiger partial charge on any atom is 0.179 e. The van der Waals surface area contributed by atoms with E-state index in [0.29, 0.717) is 30.0 Å². The highest BCUT2D eigenvalue weighted by Gasteiger charge is 2.17. The number of quaternary nitrogens is 1. The molecule has 3 aromatic rings. The van der Waals surface area contributed by atoms with Crippen LogP contribution < -0.4 is 14.8 Å². The molecule has 5 nitrogen and oxygen atoms in total. The third kappa shape index (κ3) is 4.10. The highest BCUT2D eigenvalue weighted by molar-refractivity contribution is 6.32. The highest BCUT2D eigenvalue weighted by Crippen LogP contribution is 2.37. The van der Waals surface area contributed by atoms with E-state index in [0.717, 1.165) is 30.0 Å². The molecule has 0 bridgehead atoms. The zero-order chi connectivity index (χ0) is 18.6. The number of hydrogen-bond donors (Lipinski definition) is 1. The SMILES string of the molecule is C[C@H]([NH2+]Cc1cc(Cl)c2c(c1)OCCCO2)c1ccc(-n2ccnc2)cc1. The summed E-state index contributed by atoms with van der Waals surface area (Å²) in [5.74, 6) is 1.42. The van der Waals surface area contributed by atoms with Gasteiger partial charge in [0, 0.05) is 35.6 Å². The molecule has 140 valence electrons. The van der Waals surface area contributed by atoms with Crippen LogP contribution in [0.1, 0.15) is 30.5 Å². The minimum Gasteiger partial charge on any atom is -0.489 e. The summed E-state index contributed by atoms with van der Waals surface area (Å²) < 4.78 is 13.5. The second kappa shape index (κ2) is 8.03. The summed E-state index contributed by atoms with van der Waals surface area (Å²) >= 11 is 6.39. The molecular weight excluding hydrogens is 362 g/mol. The Hall–Kier alpha value is -2.50. The number of fused-ring (bicyclic) bond motifs is 1. The summed E-state index contributed by atoms with van der Waals surface area (Å²) in [6, 6.07) is 12.9. The Morgan fingerprint density at radius 1 is 1.19 bits per heavy atom. The minimum atomic E-state index is 0.330. The quantitative estimate of drug-likeness (QED) is 0.732. The summed E-state index contributed by atoms with van der Waals surface area (Å²) in [4.78, 5) is 4.09. The van der Waals surface area contributed by atoms with E-state index in [1.54, 1.807) is 12.5 Å². The van der Waals surface area contributed by atoms with Gasteiger partial charge in [-0.2, -0.15) is 0 Å². The molecule has 0 radical (unpaired) electrons. The van der Waals surface area contributed by atoms with Crippen molar-refractivity contribution in [3.8, 4) is 17.2 Å². The van der Waals surface area contributed by atoms with Crippen LogP contribution in [0.15, 0.2) is 55.1 Å². The van der Waals surface area contributed by atoms with E-state index in [-0.39, 0.29) is 0 Å². The molecule has 6 heteroatoms. The van der Waals surface area contributed by atoms with E-state index in [1.807, 2.05) is 22.9 Å². The molecule has 1 aliphatic rings. The lowest BCUT2D eigenvalue weighted by molar-refractivity contribution is -0.707. The Kier molecular flexibility index (Phi) is 5.32. The van der Waals surface area contributed by atoms with Gasteiger partial charge >= 0.3 is 0 Å². The van der Waals surface area contributed by atoms with Gasteiger partial charge in [0.25, 0.3) is 0 Å². The molecule has 2 heterocycles. The molecule has 0 saturated carbocycles. The minimum absolute atomic E-state index is 0.330. The number of benzene rings is 2. The van der Waals surface area contributed by atoms with Gasteiger partial charge in [-0.15, -0.1) is 0 Å². The van der Waals surface area contributed by atoms with Crippen molar-refractivity contribution in [2.75, 3.05) is 13.2 Å². The van der Waals surface area contributed by atoms with Crippen molar-refractivity contribution in [3.63, 3.8) is 0 Å². The predicted molar refractivity (Wildman–Crippen MR) is 105 cm³/mol. The number of aromatic nitrogens is 2. The van der Waals surface area contributed by atoms with Crippen LogP contribution in [0.25, 0.3) is 5.69 Å². The van der Waals surface area contributed by atoms with Gasteiger partial charge in [0.05, 0.1) is 24.6 Å². The summed E-state index contributed by atoms with van der Waals surface area (Å²) in [7, 11) is 0. The topological polar surface area (TPSA) is 52.9 Å². The van der Waals surface area contributed by atoms with Gasteiger partial charge in [-0.3, -0.25) is 0 Å². The average Bonchev–Trinajstić information content (AvgIpc) is 3.12. The predicted octanol–water partition coefficient (Wildman–Crippen LogP) is 3.51. The summed E-state index contributed by atoms with van der Waals surface area (Å²) in [6.07, 6.45) is 6.40. The molecule has 4 rings (SSSR count). The number of ether oxygens (including phenoxy) is 2. The third-order valence-electron chi connectivity index (χ3n) is 4.79. The lowest BCUT2D eigenvalue weighted by atomic mass is 10.1. The second-order valence-corrected chi connectivity index (χ2v) is 7.15. The zero-order valence-corrected chi connectivity index (χ0v) is 16.0. The molecule has 2 N–H and O–H groups in total. The van der Waals surface area contributed by atoms with Crippen molar-refractivity contribution in [1.82, 2.24) is 9.55 Å². The van der Waals surface area contributed by atoms with Crippen LogP contribution in [0.2, 0.25) is 5.02 Å². The van der Waals surface area contributed by atoms with E-state index in [1.165, 1.54) is 5.56 Å². The highest BCUT2D eigenvalue weighted by atomic mass is 35.5. The fraction of sp³-hybridized carbons (Fsp3) is 0.286. The molecule has 0 aliphatic carbocycles. The number of hydrogen-bond acceptors (Lipinski definition) is 3. The molecule has 2 aromatic carbocycles. The van der Waals surface area contributed by atoms with E-state index >= 15 is 0 Å². The summed E-state index contributed by atoms with van der Waals surface area (Å²) in [5, 5.41) is 2.91. The van der Waals surface area contributed by atoms with Gasteiger partial charge < -0.3 is 19.4 Å². The summed E-state index contributed by atoms with van der Waals surface area (Å²) in [6.45, 7) is 4.33. The van der Waals surface area contributed by atoms with E-state index in [2.05, 4.69) is 41.5 Å². The number of imidazole rings is 1. The lowest BCUT2D eigenvalue weighted by Crippen LogP contribution is -2.83. The molecule has 1 aliphatic heterocycles. The van der Waals surface area contributed by atoms with Crippen LogP contribution >= 0.6 is 11.6 Å². The number of nitrogens with zero attached hydrogens (tertiary/aromatic N) is 2. The van der Waals surface area contributed by atoms with Gasteiger partial charge in [0.15, 0.2) is 11.5 Å². The first-order valence-electron chi connectivity index (χ1n) is 9.20. The monoisotopic (exact) mass is 384 g/mol. The molecule has 27 heavy (non-hydrogen) atoms. The van der Waals surface area contributed by atoms with Crippen LogP contribution in [-0.4, -0.2) is 22.8 Å². The Balaban J connectivity index is 1.42. The van der Waals surface area contributed by atoms with Crippen molar-refractivity contribution in [3.05, 3.63) is 71.3 Å². The molecule has 1 atom stereocenters. The van der Waals surface area contributed by atoms with E-state index < -0.39 is 0 Å². The second-order valence-electron chi connectivity index (χ2n) is 6.75. The van der Waals surface area contributed by atoms with Crippen LogP contribution in [0.3, 0.4) is 0 Å². The molecule has 0 amide bonds. The molecule has 1 aromatic heterocycles. The Morgan fingerprint density at radius 3 is 2.78 bits per heavy atom. The lowest BCUT2D eigenvalue weighted by Gasteiger charge is -2.14. The number of nitrogens with two attached hydrogens (primary N) is 1. The fourth-order valence-corrected chi connectivity index (χ4v) is 3.50. The van der Waals surface area contributed by atoms with Crippen LogP contribution in [-0.2, 0) is 6.54 Å². The molecule has 0 fully saturated rings. The van der Waals surface area contributed by atoms with Crippen molar-refractivity contribution in [2.45, 2.75) is 25.9 Å². The molecule has 0 unspecified atom stereocenters. The first kappa shape index (κ1) is 17.9. The number of rotatable bonds is 5. The standard InChI is InChI=1S/C21H22ClN3O2/c1-15(17-3-5-18(6-4-17)25-8-7-23-14-25)24-13-16-11-19(22)21-20(12-16)26-9-2-10-27-21/h3-8,11-12,14-15,24H,2,9-10,13H2,1H3/p+1/t15-/m0/s1. The van der Waals surface area contributed by atoms with Crippen molar-refractivity contribution in [1.29, 1.82) is 0 Å². The van der Waals surface area contributed by atoms with Gasteiger partial charge in [0.2, 0.25) is 0 Å². The Morgan fingerprint density at radius 2 is 2.00 bits per heavy atom. The first-order valence-corrected chi connectivity index (χ1v) is 9.58. The van der Waals surface area contributed by atoms with Crippen LogP contribution in [0.4, 0.5) is 0 Å². The van der Waals surface area contributed by atoms with Gasteiger partial charge in [-0.05, 0) is 31.2 Å². The van der Waals surface area contributed by atoms with Gasteiger partial charge in [-0.1, -0.05) is 23.7 Å². The van der Waals surface area contributed by atoms with Crippen molar-refractivity contribution < 1.29 is 14.8 Å². The normalized spacial score (nSPS) is 14.6. The van der Waals surface area contributed by atoms with E-state index in [4.69, 9.17) is 21.1 Å². The third-order valence-corrected chi connectivity index (χ3v) is 5.07. The molecule has 0 spiro atoms. The van der Waals surface area contributed by atoms with E-state index in [9.17, 15) is 0 Å².